The third-order valence-electron chi connectivity index (χ3n) is 10.4. The molecule has 6 rings (SSSR count). The van der Waals surface area contributed by atoms with Crippen molar-refractivity contribution >= 4 is 130 Å². The second kappa shape index (κ2) is 31.2. The first kappa shape index (κ1) is 65.7. The fourth-order valence-corrected chi connectivity index (χ4v) is 8.80. The van der Waals surface area contributed by atoms with Crippen LogP contribution in [-0.4, -0.2) is 99.2 Å². The number of hydrogen-bond donors (Lipinski definition) is 4. The van der Waals surface area contributed by atoms with Crippen LogP contribution < -0.4 is 29.7 Å². The quantitative estimate of drug-likeness (QED) is 0.0531. The first-order valence-corrected chi connectivity index (χ1v) is 28.4. The second-order valence-electron chi connectivity index (χ2n) is 14.8. The van der Waals surface area contributed by atoms with Crippen LogP contribution in [0.1, 0.15) is 78.6 Å². The van der Waals surface area contributed by atoms with Crippen LogP contribution in [0.4, 0.5) is 34.1 Å². The van der Waals surface area contributed by atoms with Crippen molar-refractivity contribution in [1.82, 2.24) is 19.2 Å². The Bertz CT molecular complexity index is 2580. The fraction of sp³-hybridized carbons (Fsp3) is 0.435. The maximum atomic E-state index is 13.4. The zero-order valence-corrected chi connectivity index (χ0v) is 45.5. The summed E-state index contributed by atoms with van der Waals surface area (Å²) in [6, 6.07) is 27.4. The number of nitrogens with two attached hydrogens (primary N) is 1. The Morgan fingerprint density at radius 2 is 0.928 bits per heavy atom. The van der Waals surface area contributed by atoms with Gasteiger partial charge in [-0.3, -0.25) is 33.9 Å². The number of para-hydroxylation sites is 2. The molecule has 4 aromatic carbocycles. The van der Waals surface area contributed by atoms with Crippen molar-refractivity contribution in [2.45, 2.75) is 82.1 Å². The molecular formula is C46H70Cl3IN8O8S3. The lowest BCUT2D eigenvalue weighted by molar-refractivity contribution is -0.119. The maximum Gasteiger partial charge on any atom is 0.317 e. The normalized spacial score (nSPS) is 12.6. The standard InChI is InChI=1S/C22H30N4O3S.C20H25N3O.C2H6ClNO2S.2CH4.Cl2O2S.HI/c1-4-23-30(28,29)24-19-14-13-18-12-11-17-9-7-8-10-20(17)26(21(18)15-19)22(27)16-25(5-2)6-3;1-3-22(4-2)14-20(24)23-18-8-6-5-7-15(18)9-10-16-11-12-17(21)13-19(16)23;1-2-4-7(3,5)6;;;1-5(2,3)4;/h7-10,13-15,23-24H,4-6,11-12,16H2,1-3H3;5-8,11-13H,3-4,9-10,14,21H2,1-2H3;4H,2H2,1H3;2*1H4;;1H. The Hall–Kier alpha value is -3.29. The van der Waals surface area contributed by atoms with Gasteiger partial charge in [-0.1, -0.05) is 105 Å². The molecule has 0 aliphatic carbocycles. The van der Waals surface area contributed by atoms with Crippen LogP contribution in [0.3, 0.4) is 0 Å². The zero-order valence-electron chi connectivity index (χ0n) is 38.5. The summed E-state index contributed by atoms with van der Waals surface area (Å²) in [4.78, 5) is 34.4. The van der Waals surface area contributed by atoms with Crippen LogP contribution in [0.5, 0.6) is 0 Å². The van der Waals surface area contributed by atoms with E-state index in [0.717, 1.165) is 85.7 Å². The molecule has 0 radical (unpaired) electrons. The number of benzene rings is 4. The van der Waals surface area contributed by atoms with Crippen molar-refractivity contribution in [2.75, 3.05) is 72.6 Å². The molecule has 0 spiro atoms. The van der Waals surface area contributed by atoms with E-state index in [9.17, 15) is 26.4 Å². The molecule has 69 heavy (non-hydrogen) atoms. The maximum absolute atomic E-state index is 13.4. The van der Waals surface area contributed by atoms with E-state index >= 15 is 0 Å². The molecule has 2 aliphatic rings. The minimum atomic E-state index is -3.72. The molecule has 0 saturated carbocycles. The topological polar surface area (TPSA) is 212 Å². The lowest BCUT2D eigenvalue weighted by atomic mass is 10.0. The number of carbonyl (C=O) groups is 2. The summed E-state index contributed by atoms with van der Waals surface area (Å²) in [7, 11) is 2.40. The number of carbonyl (C=O) groups excluding carboxylic acids is 2. The summed E-state index contributed by atoms with van der Waals surface area (Å²) >= 11 is 0. The number of likely N-dealkylation sites (N-methyl/N-ethyl adjacent to an activating group) is 2. The molecule has 0 unspecified atom stereocenters. The van der Waals surface area contributed by atoms with E-state index in [4.69, 9.17) is 24.8 Å². The molecule has 0 fully saturated rings. The van der Waals surface area contributed by atoms with Crippen LogP contribution in [0.25, 0.3) is 0 Å². The predicted molar refractivity (Wildman–Crippen MR) is 299 cm³/mol. The SMILES string of the molecule is C.C.CCN(CC)CC(=O)N1c2ccccc2CCc2ccc(N)cc21.CCNS(=O)(=O)Cl.CCNS(=O)(=O)Nc1ccc2c(c1)N(C(=O)CN(CC)CC)c1ccccc1CC2.I.O=S(=O)(Cl)Cl. The van der Waals surface area contributed by atoms with Crippen molar-refractivity contribution in [1.29, 1.82) is 0 Å². The third-order valence-corrected chi connectivity index (χ3v) is 12.5. The average molecular weight is 1190 g/mol. The predicted octanol–water partition coefficient (Wildman–Crippen LogP) is 9.11. The molecule has 0 aromatic heterocycles. The number of fused-ring (bicyclic) bond motifs is 4. The van der Waals surface area contributed by atoms with E-state index in [-0.39, 0.29) is 50.6 Å². The van der Waals surface area contributed by atoms with Crippen LogP contribution in [0.2, 0.25) is 0 Å². The molecule has 16 nitrogen and oxygen atoms in total. The van der Waals surface area contributed by atoms with E-state index in [0.29, 0.717) is 37.6 Å². The Morgan fingerprint density at radius 1 is 0.565 bits per heavy atom. The lowest BCUT2D eigenvalue weighted by Gasteiger charge is -2.28. The number of nitrogens with zero attached hydrogens (tertiary/aromatic N) is 4. The van der Waals surface area contributed by atoms with Crippen molar-refractivity contribution in [3.63, 3.8) is 0 Å². The highest BCUT2D eigenvalue weighted by Crippen LogP contribution is 2.39. The molecule has 0 atom stereocenters. The molecule has 2 aliphatic heterocycles. The summed E-state index contributed by atoms with van der Waals surface area (Å²) in [6.07, 6.45) is 3.45. The van der Waals surface area contributed by atoms with E-state index < -0.39 is 27.7 Å². The number of anilines is 6. The van der Waals surface area contributed by atoms with Gasteiger partial charge in [-0.2, -0.15) is 30.0 Å². The summed E-state index contributed by atoms with van der Waals surface area (Å²) < 4.78 is 69.4. The highest BCUT2D eigenvalue weighted by atomic mass is 127. The number of nitrogen functional groups attached to an aromatic ring is 1. The number of rotatable bonds is 14. The summed E-state index contributed by atoms with van der Waals surface area (Å²) in [5, 5.41) is 0. The number of nitrogens with one attached hydrogen (secondary N) is 3. The van der Waals surface area contributed by atoms with Crippen LogP contribution in [0.15, 0.2) is 84.9 Å². The van der Waals surface area contributed by atoms with Crippen molar-refractivity contribution in [2.24, 2.45) is 0 Å². The van der Waals surface area contributed by atoms with Crippen molar-refractivity contribution in [3.05, 3.63) is 107 Å². The number of amides is 2. The van der Waals surface area contributed by atoms with E-state index in [1.165, 1.54) is 11.1 Å². The Balaban J connectivity index is 0.00000106. The van der Waals surface area contributed by atoms with Crippen LogP contribution in [-0.2, 0) is 63.0 Å². The van der Waals surface area contributed by atoms with Gasteiger partial charge < -0.3 is 5.73 Å². The lowest BCUT2D eigenvalue weighted by Crippen LogP contribution is -2.38. The number of aryl methyl sites for hydroxylation is 4. The van der Waals surface area contributed by atoms with E-state index in [1.54, 1.807) is 30.9 Å². The van der Waals surface area contributed by atoms with Gasteiger partial charge in [0.15, 0.2) is 0 Å². The molecular weight excluding hydrogens is 1120 g/mol. The average Bonchev–Trinajstić information content (AvgIpc) is 3.51. The molecule has 0 saturated heterocycles. The van der Waals surface area contributed by atoms with Crippen molar-refractivity contribution < 1.29 is 34.8 Å². The monoisotopic (exact) mass is 1190 g/mol. The van der Waals surface area contributed by atoms with Gasteiger partial charge in [-0.25, -0.2) is 4.72 Å². The van der Waals surface area contributed by atoms with Gasteiger partial charge >= 0.3 is 8.26 Å². The van der Waals surface area contributed by atoms with Gasteiger partial charge in [-0.05, 0) is 111 Å². The fourth-order valence-electron chi connectivity index (χ4n) is 7.24. The Morgan fingerprint density at radius 3 is 1.29 bits per heavy atom. The van der Waals surface area contributed by atoms with Gasteiger partial charge in [0.1, 0.15) is 0 Å². The van der Waals surface area contributed by atoms with Gasteiger partial charge in [0.25, 0.3) is 19.4 Å². The molecule has 4 aromatic rings. The molecule has 2 heterocycles. The first-order valence-electron chi connectivity index (χ1n) is 21.5. The van der Waals surface area contributed by atoms with Gasteiger partial charge in [0.05, 0.1) is 41.5 Å². The Kier molecular flexibility index (Phi) is 29.7. The number of hydrogen-bond acceptors (Lipinski definition) is 11. The number of halogens is 4. The molecule has 388 valence electrons. The Labute approximate surface area is 442 Å². The molecule has 0 bridgehead atoms. The highest BCUT2D eigenvalue weighted by molar-refractivity contribution is 14.0. The minimum Gasteiger partial charge on any atom is -0.399 e. The highest BCUT2D eigenvalue weighted by Gasteiger charge is 2.29. The van der Waals surface area contributed by atoms with Crippen LogP contribution >= 0.6 is 56.0 Å². The van der Waals surface area contributed by atoms with Gasteiger partial charge in [-0.15, -0.1) is 24.0 Å². The van der Waals surface area contributed by atoms with E-state index in [1.807, 2.05) is 90.2 Å². The van der Waals surface area contributed by atoms with E-state index in [2.05, 4.69) is 60.5 Å². The minimum absolute atomic E-state index is 0. The molecule has 2 amide bonds. The third kappa shape index (κ3) is 21.9. The van der Waals surface area contributed by atoms with Crippen molar-refractivity contribution in [3.8, 4) is 0 Å². The smallest absolute Gasteiger partial charge is 0.317 e. The molecule has 23 heteroatoms. The van der Waals surface area contributed by atoms with Gasteiger partial charge in [0, 0.05) is 50.8 Å². The summed E-state index contributed by atoms with van der Waals surface area (Å²) in [5.74, 6) is 0.0703. The van der Waals surface area contributed by atoms with Crippen LogP contribution in [0, 0.1) is 0 Å². The summed E-state index contributed by atoms with van der Waals surface area (Å²) in [6.45, 7) is 16.3. The van der Waals surface area contributed by atoms with Gasteiger partial charge in [0.2, 0.25) is 11.8 Å². The second-order valence-corrected chi connectivity index (χ2v) is 22.3. The zero-order chi connectivity index (χ0) is 49.2. The first-order chi connectivity index (χ1) is 31.1. The largest absolute Gasteiger partial charge is 0.399 e. The molecule has 5 N–H and O–H groups in total. The summed E-state index contributed by atoms with van der Waals surface area (Å²) in [5.41, 5.74) is 15.1.